The van der Waals surface area contributed by atoms with Crippen molar-refractivity contribution in [3.63, 3.8) is 0 Å². The average molecular weight is 243 g/mol. The Morgan fingerprint density at radius 1 is 1.41 bits per heavy atom. The fourth-order valence-corrected chi connectivity index (χ4v) is 0.984. The SMILES string of the molecule is C=C(C)CNC(=O)N[C@H](CCC(N)=O)C(=O)O. The van der Waals surface area contributed by atoms with Gasteiger partial charge in [0, 0.05) is 13.0 Å². The fourth-order valence-electron chi connectivity index (χ4n) is 0.984. The second-order valence-corrected chi connectivity index (χ2v) is 3.68. The molecule has 0 spiro atoms. The minimum atomic E-state index is -1.21. The summed E-state index contributed by atoms with van der Waals surface area (Å²) in [6.45, 7) is 5.56. The predicted molar refractivity (Wildman–Crippen MR) is 61.2 cm³/mol. The molecule has 7 heteroatoms. The van der Waals surface area contributed by atoms with Gasteiger partial charge in [-0.25, -0.2) is 9.59 Å². The molecule has 0 heterocycles. The molecule has 0 aromatic carbocycles. The Labute approximate surface area is 99.1 Å². The van der Waals surface area contributed by atoms with Gasteiger partial charge in [-0.3, -0.25) is 4.79 Å². The molecule has 0 bridgehead atoms. The summed E-state index contributed by atoms with van der Waals surface area (Å²) in [5.74, 6) is -1.82. The van der Waals surface area contributed by atoms with Gasteiger partial charge >= 0.3 is 12.0 Å². The van der Waals surface area contributed by atoms with E-state index in [1.54, 1.807) is 6.92 Å². The first-order chi connectivity index (χ1) is 7.82. The largest absolute Gasteiger partial charge is 0.480 e. The number of urea groups is 1. The highest BCUT2D eigenvalue weighted by Crippen LogP contribution is 1.97. The van der Waals surface area contributed by atoms with Crippen LogP contribution in [0.1, 0.15) is 19.8 Å². The third kappa shape index (κ3) is 7.83. The van der Waals surface area contributed by atoms with E-state index >= 15 is 0 Å². The van der Waals surface area contributed by atoms with Crippen LogP contribution in [0.2, 0.25) is 0 Å². The van der Waals surface area contributed by atoms with Crippen LogP contribution >= 0.6 is 0 Å². The van der Waals surface area contributed by atoms with Gasteiger partial charge in [0.05, 0.1) is 0 Å². The molecule has 0 aromatic heterocycles. The highest BCUT2D eigenvalue weighted by molar-refractivity contribution is 5.83. The molecule has 0 aliphatic rings. The number of rotatable bonds is 7. The van der Waals surface area contributed by atoms with Gasteiger partial charge in [0.15, 0.2) is 0 Å². The second-order valence-electron chi connectivity index (χ2n) is 3.68. The van der Waals surface area contributed by atoms with E-state index in [4.69, 9.17) is 10.8 Å². The topological polar surface area (TPSA) is 122 Å². The van der Waals surface area contributed by atoms with Gasteiger partial charge in [-0.1, -0.05) is 12.2 Å². The molecular formula is C10H17N3O4. The molecule has 0 radical (unpaired) electrons. The first-order valence-corrected chi connectivity index (χ1v) is 5.02. The number of hydrogen-bond acceptors (Lipinski definition) is 3. The zero-order chi connectivity index (χ0) is 13.4. The first-order valence-electron chi connectivity index (χ1n) is 5.02. The van der Waals surface area contributed by atoms with Gasteiger partial charge < -0.3 is 21.5 Å². The van der Waals surface area contributed by atoms with Crippen molar-refractivity contribution in [2.45, 2.75) is 25.8 Å². The molecule has 0 aliphatic heterocycles. The maximum absolute atomic E-state index is 11.3. The molecular weight excluding hydrogens is 226 g/mol. The Kier molecular flexibility index (Phi) is 6.39. The summed E-state index contributed by atoms with van der Waals surface area (Å²) >= 11 is 0. The summed E-state index contributed by atoms with van der Waals surface area (Å²) in [4.78, 5) is 32.6. The van der Waals surface area contributed by atoms with Gasteiger partial charge in [0.25, 0.3) is 0 Å². The van der Waals surface area contributed by atoms with Crippen LogP contribution in [0.15, 0.2) is 12.2 Å². The molecule has 0 saturated carbocycles. The fraction of sp³-hybridized carbons (Fsp3) is 0.500. The smallest absolute Gasteiger partial charge is 0.326 e. The standard InChI is InChI=1S/C10H17N3O4/c1-6(2)5-12-10(17)13-7(9(15)16)3-4-8(11)14/h7H,1,3-5H2,2H3,(H2,11,14)(H,15,16)(H2,12,13,17)/t7-/m1/s1. The van der Waals surface area contributed by atoms with Crippen molar-refractivity contribution in [3.8, 4) is 0 Å². The number of nitrogens with one attached hydrogen (secondary N) is 2. The van der Waals surface area contributed by atoms with Crippen LogP contribution < -0.4 is 16.4 Å². The molecule has 96 valence electrons. The minimum absolute atomic E-state index is 0.0365. The van der Waals surface area contributed by atoms with E-state index in [2.05, 4.69) is 17.2 Å². The van der Waals surface area contributed by atoms with Gasteiger partial charge in [0.1, 0.15) is 6.04 Å². The van der Waals surface area contributed by atoms with Crippen molar-refractivity contribution in [2.24, 2.45) is 5.73 Å². The average Bonchev–Trinajstić information content (AvgIpc) is 2.20. The van der Waals surface area contributed by atoms with Crippen LogP contribution in [0.4, 0.5) is 4.79 Å². The molecule has 0 saturated heterocycles. The summed E-state index contributed by atoms with van der Waals surface area (Å²) in [6.07, 6.45) is -0.136. The summed E-state index contributed by atoms with van der Waals surface area (Å²) < 4.78 is 0. The van der Waals surface area contributed by atoms with E-state index in [1.165, 1.54) is 0 Å². The molecule has 0 aliphatic carbocycles. The molecule has 3 amide bonds. The summed E-state index contributed by atoms with van der Waals surface area (Å²) in [6, 6.07) is -1.75. The molecule has 5 N–H and O–H groups in total. The summed E-state index contributed by atoms with van der Waals surface area (Å²) in [5.41, 5.74) is 5.64. The number of carbonyl (C=O) groups is 3. The maximum Gasteiger partial charge on any atom is 0.326 e. The predicted octanol–water partition coefficient (Wildman–Crippen LogP) is -0.420. The van der Waals surface area contributed by atoms with Crippen molar-refractivity contribution in [2.75, 3.05) is 6.54 Å². The highest BCUT2D eigenvalue weighted by atomic mass is 16.4. The van der Waals surface area contributed by atoms with Gasteiger partial charge in [-0.15, -0.1) is 0 Å². The van der Waals surface area contributed by atoms with Crippen molar-refractivity contribution >= 4 is 17.9 Å². The Morgan fingerprint density at radius 2 is 2.00 bits per heavy atom. The lowest BCUT2D eigenvalue weighted by atomic mass is 10.1. The van der Waals surface area contributed by atoms with Gasteiger partial charge in [0.2, 0.25) is 5.91 Å². The van der Waals surface area contributed by atoms with Gasteiger partial charge in [-0.05, 0) is 13.3 Å². The number of hydrogen-bond donors (Lipinski definition) is 4. The maximum atomic E-state index is 11.3. The number of nitrogens with two attached hydrogens (primary N) is 1. The lowest BCUT2D eigenvalue weighted by Crippen LogP contribution is -2.46. The van der Waals surface area contributed by atoms with E-state index < -0.39 is 23.9 Å². The van der Waals surface area contributed by atoms with Crippen LogP contribution in [0, 0.1) is 0 Å². The van der Waals surface area contributed by atoms with Crippen LogP contribution in [-0.2, 0) is 9.59 Å². The molecule has 7 nitrogen and oxygen atoms in total. The van der Waals surface area contributed by atoms with Crippen molar-refractivity contribution in [1.82, 2.24) is 10.6 Å². The van der Waals surface area contributed by atoms with E-state index in [-0.39, 0.29) is 19.4 Å². The van der Waals surface area contributed by atoms with Crippen LogP contribution in [0.25, 0.3) is 0 Å². The van der Waals surface area contributed by atoms with E-state index in [9.17, 15) is 14.4 Å². The lowest BCUT2D eigenvalue weighted by molar-refractivity contribution is -0.139. The molecule has 0 unspecified atom stereocenters. The van der Waals surface area contributed by atoms with Crippen LogP contribution in [0.3, 0.4) is 0 Å². The Morgan fingerprint density at radius 3 is 2.41 bits per heavy atom. The van der Waals surface area contributed by atoms with Crippen molar-refractivity contribution < 1.29 is 19.5 Å². The summed E-state index contributed by atoms with van der Waals surface area (Å²) in [5, 5.41) is 13.5. The molecule has 1 atom stereocenters. The quantitative estimate of drug-likeness (QED) is 0.453. The monoisotopic (exact) mass is 243 g/mol. The van der Waals surface area contributed by atoms with Crippen molar-refractivity contribution in [3.05, 3.63) is 12.2 Å². The van der Waals surface area contributed by atoms with Crippen LogP contribution in [-0.4, -0.2) is 35.6 Å². The van der Waals surface area contributed by atoms with E-state index in [1.807, 2.05) is 0 Å². The van der Waals surface area contributed by atoms with Gasteiger partial charge in [-0.2, -0.15) is 0 Å². The lowest BCUT2D eigenvalue weighted by Gasteiger charge is -2.14. The normalized spacial score (nSPS) is 11.4. The number of carboxylic acids is 1. The number of aliphatic carboxylic acids is 1. The molecule has 0 aromatic rings. The Hall–Kier alpha value is -2.05. The zero-order valence-corrected chi connectivity index (χ0v) is 9.66. The van der Waals surface area contributed by atoms with Crippen molar-refractivity contribution in [1.29, 1.82) is 0 Å². The molecule has 17 heavy (non-hydrogen) atoms. The van der Waals surface area contributed by atoms with Crippen LogP contribution in [0.5, 0.6) is 0 Å². The Balaban J connectivity index is 4.15. The number of carboxylic acid groups (broad SMARTS) is 1. The Bertz CT molecular complexity index is 328. The molecule has 0 fully saturated rings. The van der Waals surface area contributed by atoms with E-state index in [0.717, 1.165) is 5.57 Å². The molecule has 0 rings (SSSR count). The highest BCUT2D eigenvalue weighted by Gasteiger charge is 2.20. The third-order valence-electron chi connectivity index (χ3n) is 1.83. The summed E-state index contributed by atoms with van der Waals surface area (Å²) in [7, 11) is 0. The number of amides is 3. The minimum Gasteiger partial charge on any atom is -0.480 e. The zero-order valence-electron chi connectivity index (χ0n) is 9.66. The first kappa shape index (κ1) is 14.9. The number of primary amides is 1. The third-order valence-corrected chi connectivity index (χ3v) is 1.83. The van der Waals surface area contributed by atoms with E-state index in [0.29, 0.717) is 0 Å². The number of carbonyl (C=O) groups excluding carboxylic acids is 2. The second kappa shape index (κ2) is 7.26.